The Morgan fingerprint density at radius 3 is 2.71 bits per heavy atom. The van der Waals surface area contributed by atoms with Gasteiger partial charge in [0.1, 0.15) is 0 Å². The molecule has 1 aromatic carbocycles. The summed E-state index contributed by atoms with van der Waals surface area (Å²) in [7, 11) is 0. The molecule has 3 N–H and O–H groups in total. The Hall–Kier alpha value is -1.03. The third-order valence-electron chi connectivity index (χ3n) is 2.62. The number of rotatable bonds is 1. The molecule has 3 nitrogen and oxygen atoms in total. The molecule has 0 bridgehead atoms. The van der Waals surface area contributed by atoms with Crippen molar-refractivity contribution in [1.29, 1.82) is 0 Å². The van der Waals surface area contributed by atoms with E-state index in [-0.39, 0.29) is 5.56 Å². The highest BCUT2D eigenvalue weighted by molar-refractivity contribution is 9.10. The summed E-state index contributed by atoms with van der Waals surface area (Å²) >= 11 is 3.38. The summed E-state index contributed by atoms with van der Waals surface area (Å²) in [6, 6.07) is 1.60. The van der Waals surface area contributed by atoms with Crippen LogP contribution in [0.5, 0.6) is 0 Å². The zero-order valence-electron chi connectivity index (χ0n) is 7.51. The van der Waals surface area contributed by atoms with Crippen LogP contribution in [-0.2, 0) is 12.8 Å². The van der Waals surface area contributed by atoms with Crippen molar-refractivity contribution in [2.75, 3.05) is 5.73 Å². The lowest BCUT2D eigenvalue weighted by atomic mass is 10.0. The van der Waals surface area contributed by atoms with Gasteiger partial charge in [-0.1, -0.05) is 15.9 Å². The molecule has 0 heterocycles. The SMILES string of the molecule is Nc1c(C(=O)O)cc(Br)c2c1CCC2. The Kier molecular flexibility index (Phi) is 2.23. The fourth-order valence-electron chi connectivity index (χ4n) is 1.94. The topological polar surface area (TPSA) is 63.3 Å². The second kappa shape index (κ2) is 3.28. The standard InChI is InChI=1S/C10H10BrNO2/c11-8-4-7(10(13)14)9(12)6-3-1-2-5(6)8/h4H,1-3,12H2,(H,13,14). The third-order valence-corrected chi connectivity index (χ3v) is 3.33. The van der Waals surface area contributed by atoms with Gasteiger partial charge in [0.2, 0.25) is 0 Å². The number of benzene rings is 1. The van der Waals surface area contributed by atoms with Crippen molar-refractivity contribution in [1.82, 2.24) is 0 Å². The van der Waals surface area contributed by atoms with E-state index < -0.39 is 5.97 Å². The molecule has 0 saturated heterocycles. The molecule has 1 aromatic rings. The highest BCUT2D eigenvalue weighted by Crippen LogP contribution is 2.35. The van der Waals surface area contributed by atoms with Crippen LogP contribution in [0.2, 0.25) is 0 Å². The largest absolute Gasteiger partial charge is 0.478 e. The van der Waals surface area contributed by atoms with Crippen LogP contribution >= 0.6 is 15.9 Å². The molecular formula is C10H10BrNO2. The summed E-state index contributed by atoms with van der Waals surface area (Å²) in [6.07, 6.45) is 2.93. The highest BCUT2D eigenvalue weighted by Gasteiger charge is 2.21. The molecule has 0 radical (unpaired) electrons. The minimum absolute atomic E-state index is 0.206. The lowest BCUT2D eigenvalue weighted by Crippen LogP contribution is -2.06. The Bertz CT molecular complexity index is 415. The molecule has 2 rings (SSSR count). The van der Waals surface area contributed by atoms with Crippen LogP contribution in [0.15, 0.2) is 10.5 Å². The van der Waals surface area contributed by atoms with Crippen molar-refractivity contribution in [2.24, 2.45) is 0 Å². The molecule has 74 valence electrons. The number of aromatic carboxylic acids is 1. The smallest absolute Gasteiger partial charge is 0.337 e. The average molecular weight is 256 g/mol. The number of hydrogen-bond acceptors (Lipinski definition) is 2. The second-order valence-electron chi connectivity index (χ2n) is 3.44. The van der Waals surface area contributed by atoms with E-state index in [1.54, 1.807) is 6.07 Å². The van der Waals surface area contributed by atoms with Crippen molar-refractivity contribution in [3.63, 3.8) is 0 Å². The summed E-state index contributed by atoms with van der Waals surface area (Å²) < 4.78 is 0.872. The predicted molar refractivity (Wildman–Crippen MR) is 57.5 cm³/mol. The molecule has 0 amide bonds. The maximum Gasteiger partial charge on any atom is 0.337 e. The van der Waals surface area contributed by atoms with E-state index in [2.05, 4.69) is 15.9 Å². The van der Waals surface area contributed by atoms with Crippen molar-refractivity contribution < 1.29 is 9.90 Å². The van der Waals surface area contributed by atoms with Gasteiger partial charge in [-0.2, -0.15) is 0 Å². The minimum atomic E-state index is -0.960. The summed E-state index contributed by atoms with van der Waals surface area (Å²) in [6.45, 7) is 0. The van der Waals surface area contributed by atoms with Crippen LogP contribution in [0.25, 0.3) is 0 Å². The first kappa shape index (κ1) is 9.52. The number of nitrogen functional groups attached to an aromatic ring is 1. The van der Waals surface area contributed by atoms with Gasteiger partial charge in [-0.3, -0.25) is 0 Å². The van der Waals surface area contributed by atoms with Gasteiger partial charge in [0.25, 0.3) is 0 Å². The Morgan fingerprint density at radius 1 is 1.43 bits per heavy atom. The normalized spacial score (nSPS) is 14.1. The Morgan fingerprint density at radius 2 is 2.07 bits per heavy atom. The number of fused-ring (bicyclic) bond motifs is 1. The number of carboxylic acids is 1. The zero-order valence-corrected chi connectivity index (χ0v) is 9.10. The lowest BCUT2D eigenvalue weighted by molar-refractivity contribution is 0.0698. The fraction of sp³-hybridized carbons (Fsp3) is 0.300. The minimum Gasteiger partial charge on any atom is -0.478 e. The highest BCUT2D eigenvalue weighted by atomic mass is 79.9. The molecule has 0 unspecified atom stereocenters. The van der Waals surface area contributed by atoms with Crippen LogP contribution in [0.3, 0.4) is 0 Å². The van der Waals surface area contributed by atoms with Gasteiger partial charge in [0, 0.05) is 10.2 Å². The zero-order chi connectivity index (χ0) is 10.3. The van der Waals surface area contributed by atoms with Crippen molar-refractivity contribution in [2.45, 2.75) is 19.3 Å². The summed E-state index contributed by atoms with van der Waals surface area (Å²) in [4.78, 5) is 10.9. The Labute approximate surface area is 90.0 Å². The van der Waals surface area contributed by atoms with E-state index in [0.717, 1.165) is 29.3 Å². The molecule has 0 saturated carbocycles. The molecule has 1 aliphatic rings. The quantitative estimate of drug-likeness (QED) is 0.757. The fourth-order valence-corrected chi connectivity index (χ4v) is 2.60. The summed E-state index contributed by atoms with van der Waals surface area (Å²) in [5, 5.41) is 8.92. The number of halogens is 1. The monoisotopic (exact) mass is 255 g/mol. The van der Waals surface area contributed by atoms with E-state index in [1.165, 1.54) is 5.56 Å². The number of anilines is 1. The van der Waals surface area contributed by atoms with Crippen LogP contribution < -0.4 is 5.73 Å². The molecule has 14 heavy (non-hydrogen) atoms. The lowest BCUT2D eigenvalue weighted by Gasteiger charge is -2.09. The van der Waals surface area contributed by atoms with Crippen LogP contribution in [0.1, 0.15) is 27.9 Å². The maximum absolute atomic E-state index is 10.9. The first-order valence-corrected chi connectivity index (χ1v) is 5.23. The number of nitrogens with two attached hydrogens (primary N) is 1. The predicted octanol–water partition coefficient (Wildman–Crippen LogP) is 2.22. The van der Waals surface area contributed by atoms with Crippen LogP contribution in [-0.4, -0.2) is 11.1 Å². The molecule has 0 atom stereocenters. The number of carbonyl (C=O) groups is 1. The van der Waals surface area contributed by atoms with Gasteiger partial charge in [0.05, 0.1) is 5.56 Å². The molecule has 1 aliphatic carbocycles. The average Bonchev–Trinajstić information content (AvgIpc) is 2.59. The van der Waals surface area contributed by atoms with E-state index in [1.807, 2.05) is 0 Å². The van der Waals surface area contributed by atoms with Gasteiger partial charge in [-0.25, -0.2) is 4.79 Å². The first-order valence-electron chi connectivity index (χ1n) is 4.44. The molecule has 0 aliphatic heterocycles. The van der Waals surface area contributed by atoms with Crippen LogP contribution in [0, 0.1) is 0 Å². The van der Waals surface area contributed by atoms with Gasteiger partial charge in [-0.15, -0.1) is 0 Å². The van der Waals surface area contributed by atoms with E-state index in [0.29, 0.717) is 5.69 Å². The molecule has 0 fully saturated rings. The van der Waals surface area contributed by atoms with Gasteiger partial charge >= 0.3 is 5.97 Å². The summed E-state index contributed by atoms with van der Waals surface area (Å²) in [5.41, 5.74) is 8.63. The number of carboxylic acid groups (broad SMARTS) is 1. The van der Waals surface area contributed by atoms with E-state index in [9.17, 15) is 4.79 Å². The van der Waals surface area contributed by atoms with Crippen LogP contribution in [0.4, 0.5) is 5.69 Å². The Balaban J connectivity index is 2.68. The number of hydrogen-bond donors (Lipinski definition) is 2. The third kappa shape index (κ3) is 1.30. The molecule has 4 heteroatoms. The second-order valence-corrected chi connectivity index (χ2v) is 4.29. The van der Waals surface area contributed by atoms with Gasteiger partial charge in [-0.05, 0) is 36.5 Å². The van der Waals surface area contributed by atoms with Crippen molar-refractivity contribution >= 4 is 27.6 Å². The van der Waals surface area contributed by atoms with Crippen molar-refractivity contribution in [3.8, 4) is 0 Å². The summed E-state index contributed by atoms with van der Waals surface area (Å²) in [5.74, 6) is -0.960. The van der Waals surface area contributed by atoms with Crippen molar-refractivity contribution in [3.05, 3.63) is 27.2 Å². The van der Waals surface area contributed by atoms with Gasteiger partial charge < -0.3 is 10.8 Å². The molecular weight excluding hydrogens is 246 g/mol. The van der Waals surface area contributed by atoms with Gasteiger partial charge in [0.15, 0.2) is 0 Å². The molecule has 0 spiro atoms. The van der Waals surface area contributed by atoms with E-state index >= 15 is 0 Å². The first-order chi connectivity index (χ1) is 6.61. The van der Waals surface area contributed by atoms with E-state index in [4.69, 9.17) is 10.8 Å². The maximum atomic E-state index is 10.9. The molecule has 0 aromatic heterocycles.